The van der Waals surface area contributed by atoms with Gasteiger partial charge in [0, 0.05) is 12.2 Å². The number of hydrogen-bond acceptors (Lipinski definition) is 3. The van der Waals surface area contributed by atoms with Gasteiger partial charge in [-0.2, -0.15) is 0 Å². The number of benzene rings is 1. The Morgan fingerprint density at radius 1 is 1.32 bits per heavy atom. The predicted octanol–water partition coefficient (Wildman–Crippen LogP) is 1.48. The summed E-state index contributed by atoms with van der Waals surface area (Å²) >= 11 is 0. The molecule has 1 aliphatic rings. The summed E-state index contributed by atoms with van der Waals surface area (Å²) < 4.78 is 0. The van der Waals surface area contributed by atoms with Crippen LogP contribution in [0.15, 0.2) is 24.3 Å². The highest BCUT2D eigenvalue weighted by molar-refractivity contribution is 5.78. The van der Waals surface area contributed by atoms with Crippen molar-refractivity contribution in [1.82, 2.24) is 5.32 Å². The third-order valence-corrected chi connectivity index (χ3v) is 3.72. The first-order valence-corrected chi connectivity index (χ1v) is 6.92. The lowest BCUT2D eigenvalue weighted by Crippen LogP contribution is -2.33. The summed E-state index contributed by atoms with van der Waals surface area (Å²) in [6.45, 7) is 0.716. The van der Waals surface area contributed by atoms with Gasteiger partial charge >= 0.3 is 0 Å². The maximum Gasteiger partial charge on any atom is 0.224 e. The zero-order valence-electron chi connectivity index (χ0n) is 11.1. The van der Waals surface area contributed by atoms with Crippen molar-refractivity contribution in [2.24, 2.45) is 5.92 Å². The summed E-state index contributed by atoms with van der Waals surface area (Å²) in [6.07, 6.45) is 3.95. The second-order valence-corrected chi connectivity index (χ2v) is 5.40. The van der Waals surface area contributed by atoms with E-state index >= 15 is 0 Å². The van der Waals surface area contributed by atoms with Gasteiger partial charge in [0.25, 0.3) is 0 Å². The number of nitrogens with one attached hydrogen (secondary N) is 1. The molecule has 0 aliphatic heterocycles. The minimum atomic E-state index is -0.140. The molecular weight excluding hydrogens is 240 g/mol. The molecule has 0 heterocycles. The smallest absolute Gasteiger partial charge is 0.224 e. The van der Waals surface area contributed by atoms with Crippen molar-refractivity contribution >= 4 is 11.6 Å². The second kappa shape index (κ2) is 6.57. The van der Waals surface area contributed by atoms with Crippen LogP contribution in [0, 0.1) is 5.92 Å². The van der Waals surface area contributed by atoms with E-state index in [1.165, 1.54) is 0 Å². The fraction of sp³-hybridized carbons (Fsp3) is 0.533. The molecule has 0 saturated heterocycles. The molecule has 1 aromatic rings. The zero-order chi connectivity index (χ0) is 13.7. The van der Waals surface area contributed by atoms with Crippen molar-refractivity contribution in [2.75, 3.05) is 12.3 Å². The lowest BCUT2D eigenvalue weighted by atomic mass is 9.87. The number of anilines is 1. The molecule has 0 aromatic heterocycles. The van der Waals surface area contributed by atoms with Crippen LogP contribution in [0.25, 0.3) is 0 Å². The van der Waals surface area contributed by atoms with Gasteiger partial charge in [-0.15, -0.1) is 0 Å². The molecule has 0 unspecified atom stereocenters. The molecule has 0 radical (unpaired) electrons. The number of aliphatic hydroxyl groups excluding tert-OH is 1. The van der Waals surface area contributed by atoms with Crippen molar-refractivity contribution in [2.45, 2.75) is 38.2 Å². The Balaban J connectivity index is 1.73. The number of nitrogens with two attached hydrogens (primary N) is 1. The van der Waals surface area contributed by atoms with Gasteiger partial charge in [0.1, 0.15) is 0 Å². The molecule has 0 bridgehead atoms. The summed E-state index contributed by atoms with van der Waals surface area (Å²) in [5.41, 5.74) is 7.31. The Morgan fingerprint density at radius 2 is 2.05 bits per heavy atom. The quantitative estimate of drug-likeness (QED) is 0.719. The largest absolute Gasteiger partial charge is 0.399 e. The van der Waals surface area contributed by atoms with E-state index in [1.54, 1.807) is 0 Å². The van der Waals surface area contributed by atoms with Gasteiger partial charge < -0.3 is 16.2 Å². The Bertz CT molecular complexity index is 426. The van der Waals surface area contributed by atoms with E-state index in [4.69, 9.17) is 5.73 Å². The average molecular weight is 262 g/mol. The highest BCUT2D eigenvalue weighted by atomic mass is 16.3. The van der Waals surface area contributed by atoms with Gasteiger partial charge in [0.2, 0.25) is 5.91 Å². The average Bonchev–Trinajstić information content (AvgIpc) is 2.38. The second-order valence-electron chi connectivity index (χ2n) is 5.40. The maximum absolute atomic E-state index is 11.8. The summed E-state index contributed by atoms with van der Waals surface area (Å²) in [4.78, 5) is 11.8. The van der Waals surface area contributed by atoms with Gasteiger partial charge in [0.05, 0.1) is 12.5 Å². The molecule has 1 saturated carbocycles. The van der Waals surface area contributed by atoms with E-state index in [2.05, 4.69) is 5.32 Å². The van der Waals surface area contributed by atoms with Crippen molar-refractivity contribution in [3.8, 4) is 0 Å². The molecule has 19 heavy (non-hydrogen) atoms. The standard InChI is InChI=1S/C15H22N2O2/c16-13-3-1-2-12(8-13)9-15(19)17-10-11-4-6-14(18)7-5-11/h1-3,8,11,14,18H,4-7,9-10,16H2,(H,17,19). The Morgan fingerprint density at radius 3 is 2.74 bits per heavy atom. The normalized spacial score (nSPS) is 23.0. The van der Waals surface area contributed by atoms with Crippen LogP contribution in [0.5, 0.6) is 0 Å². The molecule has 0 atom stereocenters. The van der Waals surface area contributed by atoms with Crippen LogP contribution in [0.4, 0.5) is 5.69 Å². The van der Waals surface area contributed by atoms with E-state index in [-0.39, 0.29) is 12.0 Å². The lowest BCUT2D eigenvalue weighted by Gasteiger charge is -2.25. The van der Waals surface area contributed by atoms with Crippen LogP contribution in [-0.2, 0) is 11.2 Å². The summed E-state index contributed by atoms with van der Waals surface area (Å²) in [5, 5.41) is 12.4. The molecule has 1 amide bonds. The number of amides is 1. The van der Waals surface area contributed by atoms with Gasteiger partial charge in [-0.25, -0.2) is 0 Å². The first-order chi connectivity index (χ1) is 9.13. The van der Waals surface area contributed by atoms with E-state index in [1.807, 2.05) is 24.3 Å². The lowest BCUT2D eigenvalue weighted by molar-refractivity contribution is -0.120. The fourth-order valence-electron chi connectivity index (χ4n) is 2.56. The fourth-order valence-corrected chi connectivity index (χ4v) is 2.56. The molecule has 4 N–H and O–H groups in total. The Hall–Kier alpha value is -1.55. The van der Waals surface area contributed by atoms with Crippen molar-refractivity contribution in [3.05, 3.63) is 29.8 Å². The van der Waals surface area contributed by atoms with Gasteiger partial charge in [0.15, 0.2) is 0 Å². The number of rotatable bonds is 4. The first kappa shape index (κ1) is 13.9. The molecule has 104 valence electrons. The molecule has 2 rings (SSSR count). The molecule has 4 nitrogen and oxygen atoms in total. The van der Waals surface area contributed by atoms with E-state index in [0.717, 1.165) is 31.2 Å². The van der Waals surface area contributed by atoms with E-state index in [9.17, 15) is 9.90 Å². The first-order valence-electron chi connectivity index (χ1n) is 6.92. The number of aliphatic hydroxyl groups is 1. The van der Waals surface area contributed by atoms with Gasteiger partial charge in [-0.1, -0.05) is 12.1 Å². The number of carbonyl (C=O) groups excluding carboxylic acids is 1. The van der Waals surface area contributed by atoms with Gasteiger partial charge in [-0.3, -0.25) is 4.79 Å². The van der Waals surface area contributed by atoms with Crippen LogP contribution in [0.2, 0.25) is 0 Å². The molecule has 4 heteroatoms. The highest BCUT2D eigenvalue weighted by Gasteiger charge is 2.19. The Kier molecular flexibility index (Phi) is 4.80. The number of nitrogen functional groups attached to an aromatic ring is 1. The Labute approximate surface area is 114 Å². The zero-order valence-corrected chi connectivity index (χ0v) is 11.1. The van der Waals surface area contributed by atoms with Crippen molar-refractivity contribution < 1.29 is 9.90 Å². The molecule has 1 aromatic carbocycles. The summed E-state index contributed by atoms with van der Waals surface area (Å²) in [7, 11) is 0. The van der Waals surface area contributed by atoms with Crippen molar-refractivity contribution in [3.63, 3.8) is 0 Å². The minimum absolute atomic E-state index is 0.0386. The topological polar surface area (TPSA) is 75.4 Å². The predicted molar refractivity (Wildman–Crippen MR) is 75.5 cm³/mol. The monoisotopic (exact) mass is 262 g/mol. The van der Waals surface area contributed by atoms with Crippen molar-refractivity contribution in [1.29, 1.82) is 0 Å². The van der Waals surface area contributed by atoms with Crippen LogP contribution in [0.3, 0.4) is 0 Å². The number of carbonyl (C=O) groups is 1. The van der Waals surface area contributed by atoms with Crippen LogP contribution >= 0.6 is 0 Å². The third-order valence-electron chi connectivity index (χ3n) is 3.72. The third kappa shape index (κ3) is 4.56. The van der Waals surface area contributed by atoms with Gasteiger partial charge in [-0.05, 0) is 49.3 Å². The maximum atomic E-state index is 11.8. The molecule has 1 fully saturated rings. The minimum Gasteiger partial charge on any atom is -0.399 e. The summed E-state index contributed by atoms with van der Waals surface area (Å²) in [5.74, 6) is 0.546. The molecule has 0 spiro atoms. The van der Waals surface area contributed by atoms with E-state index < -0.39 is 0 Å². The van der Waals surface area contributed by atoms with E-state index in [0.29, 0.717) is 24.6 Å². The van der Waals surface area contributed by atoms with Crippen LogP contribution in [-0.4, -0.2) is 23.7 Å². The summed E-state index contributed by atoms with van der Waals surface area (Å²) in [6, 6.07) is 7.42. The SMILES string of the molecule is Nc1cccc(CC(=O)NCC2CCC(O)CC2)c1. The highest BCUT2D eigenvalue weighted by Crippen LogP contribution is 2.23. The molecular formula is C15H22N2O2. The van der Waals surface area contributed by atoms with Crippen LogP contribution < -0.4 is 11.1 Å². The molecule has 1 aliphatic carbocycles. The van der Waals surface area contributed by atoms with Crippen LogP contribution in [0.1, 0.15) is 31.2 Å². The number of hydrogen-bond donors (Lipinski definition) is 3.